The van der Waals surface area contributed by atoms with Crippen molar-refractivity contribution in [1.29, 1.82) is 0 Å². The minimum absolute atomic E-state index is 0.237. The van der Waals surface area contributed by atoms with Crippen LogP contribution >= 0.6 is 11.6 Å². The number of hydrogen-bond donors (Lipinski definition) is 2. The zero-order valence-electron chi connectivity index (χ0n) is 13.8. The number of carbonyl (C=O) groups is 2. The number of benzene rings is 1. The summed E-state index contributed by atoms with van der Waals surface area (Å²) >= 11 is 5.95. The lowest BCUT2D eigenvalue weighted by Gasteiger charge is -2.11. The van der Waals surface area contributed by atoms with Crippen LogP contribution in [0.3, 0.4) is 0 Å². The average molecular weight is 364 g/mol. The molecule has 2 N–H and O–H groups in total. The summed E-state index contributed by atoms with van der Waals surface area (Å²) < 4.78 is 10.1. The molecule has 0 aliphatic rings. The van der Waals surface area contributed by atoms with Crippen molar-refractivity contribution in [2.24, 2.45) is 0 Å². The highest BCUT2D eigenvalue weighted by molar-refractivity contribution is 6.31. The number of carbonyl (C=O) groups excluding carboxylic acids is 2. The van der Waals surface area contributed by atoms with Gasteiger partial charge in [0.15, 0.2) is 0 Å². The summed E-state index contributed by atoms with van der Waals surface area (Å²) in [5.74, 6) is -0.293. The second-order valence-electron chi connectivity index (χ2n) is 5.01. The maximum atomic E-state index is 12.4. The summed E-state index contributed by atoms with van der Waals surface area (Å²) in [4.78, 5) is 28.4. The van der Waals surface area contributed by atoms with Crippen LogP contribution in [-0.4, -0.2) is 44.2 Å². The summed E-state index contributed by atoms with van der Waals surface area (Å²) in [7, 11) is 3.04. The fraction of sp³-hybridized carbons (Fsp3) is 0.235. The van der Waals surface area contributed by atoms with Crippen molar-refractivity contribution in [3.63, 3.8) is 0 Å². The van der Waals surface area contributed by atoms with Gasteiger partial charge in [0.2, 0.25) is 0 Å². The Morgan fingerprint density at radius 1 is 1.12 bits per heavy atom. The number of ether oxygens (including phenoxy) is 2. The minimum Gasteiger partial charge on any atom is -0.495 e. The van der Waals surface area contributed by atoms with Crippen molar-refractivity contribution in [3.05, 3.63) is 52.8 Å². The van der Waals surface area contributed by atoms with Crippen molar-refractivity contribution >= 4 is 29.1 Å². The van der Waals surface area contributed by atoms with Gasteiger partial charge in [0.1, 0.15) is 5.75 Å². The van der Waals surface area contributed by atoms with Gasteiger partial charge in [-0.05, 0) is 24.3 Å². The summed E-state index contributed by atoms with van der Waals surface area (Å²) in [6.45, 7) is 0.763. The number of amides is 2. The molecular weight excluding hydrogens is 346 g/mol. The van der Waals surface area contributed by atoms with Crippen LogP contribution in [0.2, 0.25) is 5.02 Å². The topological polar surface area (TPSA) is 89.5 Å². The second kappa shape index (κ2) is 9.00. The Kier molecular flexibility index (Phi) is 6.73. The molecule has 0 radical (unpaired) electrons. The third kappa shape index (κ3) is 5.17. The smallest absolute Gasteiger partial charge is 0.257 e. The fourth-order valence-electron chi connectivity index (χ4n) is 2.03. The molecule has 7 nitrogen and oxygen atoms in total. The van der Waals surface area contributed by atoms with Gasteiger partial charge < -0.3 is 20.1 Å². The Hall–Kier alpha value is -2.64. The number of anilines is 1. The van der Waals surface area contributed by atoms with Gasteiger partial charge in [0, 0.05) is 31.1 Å². The minimum atomic E-state index is -0.431. The second-order valence-corrected chi connectivity index (χ2v) is 5.45. The zero-order valence-corrected chi connectivity index (χ0v) is 14.6. The molecule has 25 heavy (non-hydrogen) atoms. The molecule has 2 aromatic rings. The lowest BCUT2D eigenvalue weighted by atomic mass is 10.1. The van der Waals surface area contributed by atoms with Crippen molar-refractivity contribution in [3.8, 4) is 5.75 Å². The number of hydrogen-bond acceptors (Lipinski definition) is 5. The van der Waals surface area contributed by atoms with E-state index in [4.69, 9.17) is 21.1 Å². The van der Waals surface area contributed by atoms with Gasteiger partial charge in [-0.2, -0.15) is 0 Å². The summed E-state index contributed by atoms with van der Waals surface area (Å²) in [5.41, 5.74) is 0.943. The standard InChI is InChI=1S/C17H18ClN3O4/c1-24-6-5-20-16(22)11-7-12(10-19-9-11)17(23)21-14-8-13(18)3-4-15(14)25-2/h3-4,7-10H,5-6H2,1-2H3,(H,20,22)(H,21,23). The van der Waals surface area contributed by atoms with Gasteiger partial charge in [-0.25, -0.2) is 0 Å². The highest BCUT2D eigenvalue weighted by Crippen LogP contribution is 2.28. The normalized spacial score (nSPS) is 10.2. The Bertz CT molecular complexity index is 767. The first kappa shape index (κ1) is 18.7. The van der Waals surface area contributed by atoms with E-state index >= 15 is 0 Å². The molecule has 0 saturated carbocycles. The largest absolute Gasteiger partial charge is 0.495 e. The van der Waals surface area contributed by atoms with Gasteiger partial charge in [-0.3, -0.25) is 14.6 Å². The summed E-state index contributed by atoms with van der Waals surface area (Å²) in [5, 5.41) is 5.82. The molecule has 132 valence electrons. The Balaban J connectivity index is 2.13. The number of nitrogens with one attached hydrogen (secondary N) is 2. The number of halogens is 1. The van der Waals surface area contributed by atoms with E-state index in [-0.39, 0.29) is 17.0 Å². The molecule has 1 aromatic carbocycles. The first-order valence-corrected chi connectivity index (χ1v) is 7.80. The number of rotatable bonds is 7. The van der Waals surface area contributed by atoms with Crippen molar-refractivity contribution in [2.45, 2.75) is 0 Å². The van der Waals surface area contributed by atoms with Crippen LogP contribution in [0.5, 0.6) is 5.75 Å². The average Bonchev–Trinajstić information content (AvgIpc) is 2.62. The highest BCUT2D eigenvalue weighted by Gasteiger charge is 2.13. The molecule has 0 bridgehead atoms. The van der Waals surface area contributed by atoms with Crippen LogP contribution in [0.25, 0.3) is 0 Å². The van der Waals surface area contributed by atoms with Crippen molar-refractivity contribution in [1.82, 2.24) is 10.3 Å². The molecule has 1 heterocycles. The molecular formula is C17H18ClN3O4. The third-order valence-corrected chi connectivity index (χ3v) is 3.50. The van der Waals surface area contributed by atoms with Crippen LogP contribution in [-0.2, 0) is 4.74 Å². The molecule has 0 aliphatic heterocycles. The third-order valence-electron chi connectivity index (χ3n) is 3.26. The van der Waals surface area contributed by atoms with E-state index in [1.807, 2.05) is 0 Å². The van der Waals surface area contributed by atoms with Crippen LogP contribution < -0.4 is 15.4 Å². The van der Waals surface area contributed by atoms with E-state index in [9.17, 15) is 9.59 Å². The summed E-state index contributed by atoms with van der Waals surface area (Å²) in [6, 6.07) is 6.34. The zero-order chi connectivity index (χ0) is 18.2. The van der Waals surface area contributed by atoms with Crippen LogP contribution in [0, 0.1) is 0 Å². The van der Waals surface area contributed by atoms with Crippen LogP contribution in [0.1, 0.15) is 20.7 Å². The molecule has 0 saturated heterocycles. The van der Waals surface area contributed by atoms with Gasteiger partial charge in [0.25, 0.3) is 11.8 Å². The van der Waals surface area contributed by atoms with Crippen molar-refractivity contribution in [2.75, 3.05) is 32.7 Å². The number of nitrogens with zero attached hydrogens (tertiary/aromatic N) is 1. The van der Waals surface area contributed by atoms with E-state index in [0.29, 0.717) is 29.6 Å². The molecule has 2 rings (SSSR count). The molecule has 0 aliphatic carbocycles. The Morgan fingerprint density at radius 2 is 1.84 bits per heavy atom. The number of pyridine rings is 1. The Morgan fingerprint density at radius 3 is 2.52 bits per heavy atom. The van der Waals surface area contributed by atoms with E-state index in [1.165, 1.54) is 25.6 Å². The number of methoxy groups -OCH3 is 2. The van der Waals surface area contributed by atoms with Crippen LogP contribution in [0.4, 0.5) is 5.69 Å². The van der Waals surface area contributed by atoms with E-state index in [0.717, 1.165) is 0 Å². The van der Waals surface area contributed by atoms with E-state index in [2.05, 4.69) is 15.6 Å². The SMILES string of the molecule is COCCNC(=O)c1cncc(C(=O)Nc2cc(Cl)ccc2OC)c1. The van der Waals surface area contributed by atoms with Crippen molar-refractivity contribution < 1.29 is 19.1 Å². The predicted octanol–water partition coefficient (Wildman–Crippen LogP) is 2.37. The van der Waals surface area contributed by atoms with Gasteiger partial charge in [-0.1, -0.05) is 11.6 Å². The summed E-state index contributed by atoms with van der Waals surface area (Å²) in [6.07, 6.45) is 2.76. The molecule has 0 atom stereocenters. The fourth-order valence-corrected chi connectivity index (χ4v) is 2.20. The molecule has 0 fully saturated rings. The van der Waals surface area contributed by atoms with Crippen LogP contribution in [0.15, 0.2) is 36.7 Å². The molecule has 1 aromatic heterocycles. The lowest BCUT2D eigenvalue weighted by Crippen LogP contribution is -2.27. The highest BCUT2D eigenvalue weighted by atomic mass is 35.5. The monoisotopic (exact) mass is 363 g/mol. The number of aromatic nitrogens is 1. The van der Waals surface area contributed by atoms with Gasteiger partial charge in [-0.15, -0.1) is 0 Å². The van der Waals surface area contributed by atoms with Gasteiger partial charge in [0.05, 0.1) is 30.5 Å². The first-order valence-electron chi connectivity index (χ1n) is 7.42. The molecule has 0 unspecified atom stereocenters. The molecule has 0 spiro atoms. The Labute approximate surface area is 150 Å². The maximum Gasteiger partial charge on any atom is 0.257 e. The lowest BCUT2D eigenvalue weighted by molar-refractivity contribution is 0.0936. The van der Waals surface area contributed by atoms with Gasteiger partial charge >= 0.3 is 0 Å². The molecule has 2 amide bonds. The maximum absolute atomic E-state index is 12.4. The van der Waals surface area contributed by atoms with E-state index < -0.39 is 5.91 Å². The first-order chi connectivity index (χ1) is 12.0. The van der Waals surface area contributed by atoms with E-state index in [1.54, 1.807) is 25.3 Å². The predicted molar refractivity (Wildman–Crippen MR) is 94.4 cm³/mol. The molecule has 8 heteroatoms. The quantitative estimate of drug-likeness (QED) is 0.737.